The molecule has 0 radical (unpaired) electrons. The van der Waals surface area contributed by atoms with E-state index < -0.39 is 6.04 Å². The van der Waals surface area contributed by atoms with E-state index in [-0.39, 0.29) is 22.9 Å². The molecule has 0 saturated carbocycles. The van der Waals surface area contributed by atoms with Crippen LogP contribution in [0.15, 0.2) is 53.1 Å². The van der Waals surface area contributed by atoms with E-state index in [1.807, 2.05) is 30.3 Å². The van der Waals surface area contributed by atoms with Crippen LogP contribution < -0.4 is 5.32 Å². The third-order valence-electron chi connectivity index (χ3n) is 4.59. The van der Waals surface area contributed by atoms with Gasteiger partial charge in [-0.3, -0.25) is 9.59 Å². The van der Waals surface area contributed by atoms with Crippen molar-refractivity contribution in [2.45, 2.75) is 38.1 Å². The quantitative estimate of drug-likeness (QED) is 0.790. The van der Waals surface area contributed by atoms with Crippen molar-refractivity contribution in [1.82, 2.24) is 10.2 Å². The van der Waals surface area contributed by atoms with E-state index in [1.165, 1.54) is 11.8 Å². The van der Waals surface area contributed by atoms with Crippen LogP contribution >= 0.6 is 11.8 Å². The van der Waals surface area contributed by atoms with Crippen LogP contribution in [0.5, 0.6) is 0 Å². The molecule has 2 amide bonds. The Balaban J connectivity index is 1.66. The second kappa shape index (κ2) is 9.13. The zero-order valence-corrected chi connectivity index (χ0v) is 16.6. The van der Waals surface area contributed by atoms with Crippen LogP contribution in [0.2, 0.25) is 0 Å². The lowest BCUT2D eigenvalue weighted by Crippen LogP contribution is -2.50. The molecular formula is C21H26N2O3S. The average molecular weight is 387 g/mol. The summed E-state index contributed by atoms with van der Waals surface area (Å²) in [5.74, 6) is 1.03. The van der Waals surface area contributed by atoms with Gasteiger partial charge in [0.25, 0.3) is 5.91 Å². The van der Waals surface area contributed by atoms with Crippen molar-refractivity contribution in [1.29, 1.82) is 0 Å². The Morgan fingerprint density at radius 2 is 2.00 bits per heavy atom. The van der Waals surface area contributed by atoms with Crippen LogP contribution in [0.3, 0.4) is 0 Å². The maximum absolute atomic E-state index is 12.9. The van der Waals surface area contributed by atoms with Gasteiger partial charge < -0.3 is 14.6 Å². The van der Waals surface area contributed by atoms with Gasteiger partial charge in [0.1, 0.15) is 6.04 Å². The van der Waals surface area contributed by atoms with Gasteiger partial charge in [0, 0.05) is 12.3 Å². The number of nitrogens with one attached hydrogen (secondary N) is 1. The molecule has 0 aliphatic carbocycles. The smallest absolute Gasteiger partial charge is 0.291 e. The highest BCUT2D eigenvalue weighted by Gasteiger charge is 2.42. The Hall–Kier alpha value is -2.21. The van der Waals surface area contributed by atoms with Gasteiger partial charge in [-0.15, -0.1) is 11.8 Å². The van der Waals surface area contributed by atoms with Gasteiger partial charge >= 0.3 is 0 Å². The molecule has 1 aromatic carbocycles. The number of hydrogen-bond donors (Lipinski definition) is 1. The minimum absolute atomic E-state index is 0.00697. The molecule has 144 valence electrons. The molecule has 2 heterocycles. The minimum Gasteiger partial charge on any atom is -0.459 e. The lowest BCUT2D eigenvalue weighted by atomic mass is 10.1. The molecule has 0 bridgehead atoms. The van der Waals surface area contributed by atoms with Gasteiger partial charge in [-0.1, -0.05) is 44.2 Å². The van der Waals surface area contributed by atoms with Crippen molar-refractivity contribution in [2.24, 2.45) is 5.92 Å². The Morgan fingerprint density at radius 3 is 2.67 bits per heavy atom. The number of amides is 2. The number of thioether (sulfide) groups is 1. The Bertz CT molecular complexity index is 746. The fourth-order valence-electron chi connectivity index (χ4n) is 3.24. The van der Waals surface area contributed by atoms with Gasteiger partial charge in [-0.2, -0.15) is 0 Å². The normalized spacial score (nSPS) is 19.4. The van der Waals surface area contributed by atoms with Crippen molar-refractivity contribution in [3.8, 4) is 0 Å². The maximum atomic E-state index is 12.9. The summed E-state index contributed by atoms with van der Waals surface area (Å²) in [6, 6.07) is 12.9. The molecule has 1 aliphatic rings. The minimum atomic E-state index is -0.466. The molecule has 1 aliphatic heterocycles. The van der Waals surface area contributed by atoms with Crippen LogP contribution in [0, 0.1) is 5.92 Å². The zero-order valence-electron chi connectivity index (χ0n) is 15.8. The third kappa shape index (κ3) is 4.95. The SMILES string of the molecule is CC(C)CC1SCC(C(=O)NCCc2ccccc2)N1C(=O)c1ccco1. The summed E-state index contributed by atoms with van der Waals surface area (Å²) in [6.45, 7) is 4.81. The van der Waals surface area contributed by atoms with Crippen molar-refractivity contribution >= 4 is 23.6 Å². The first-order chi connectivity index (χ1) is 13.1. The van der Waals surface area contributed by atoms with E-state index in [1.54, 1.807) is 28.8 Å². The van der Waals surface area contributed by atoms with Crippen LogP contribution in [-0.2, 0) is 11.2 Å². The fraction of sp³-hybridized carbons (Fsp3) is 0.429. The molecule has 5 nitrogen and oxygen atoms in total. The number of furan rings is 1. The van der Waals surface area contributed by atoms with Crippen LogP contribution in [0.25, 0.3) is 0 Å². The zero-order chi connectivity index (χ0) is 19.2. The number of rotatable bonds is 7. The highest BCUT2D eigenvalue weighted by molar-refractivity contribution is 8.00. The first kappa shape index (κ1) is 19.5. The van der Waals surface area contributed by atoms with Gasteiger partial charge in [0.2, 0.25) is 5.91 Å². The standard InChI is InChI=1S/C21H26N2O3S/c1-15(2)13-19-23(21(25)18-9-6-12-26-18)17(14-27-19)20(24)22-11-10-16-7-4-3-5-8-16/h3-9,12,15,17,19H,10-11,13-14H2,1-2H3,(H,22,24). The summed E-state index contributed by atoms with van der Waals surface area (Å²) in [5.41, 5.74) is 1.18. The number of hydrogen-bond acceptors (Lipinski definition) is 4. The molecule has 1 saturated heterocycles. The van der Waals surface area contributed by atoms with Gasteiger partial charge in [0.15, 0.2) is 5.76 Å². The average Bonchev–Trinajstić information content (AvgIpc) is 3.31. The topological polar surface area (TPSA) is 62.6 Å². The summed E-state index contributed by atoms with van der Waals surface area (Å²) in [7, 11) is 0. The summed E-state index contributed by atoms with van der Waals surface area (Å²) >= 11 is 1.67. The highest BCUT2D eigenvalue weighted by atomic mass is 32.2. The maximum Gasteiger partial charge on any atom is 0.291 e. The van der Waals surface area contributed by atoms with E-state index in [2.05, 4.69) is 19.2 Å². The van der Waals surface area contributed by atoms with Crippen molar-refractivity contribution in [2.75, 3.05) is 12.3 Å². The Labute approximate surface area is 164 Å². The molecule has 3 rings (SSSR count). The second-order valence-electron chi connectivity index (χ2n) is 7.15. The molecule has 1 fully saturated rings. The van der Waals surface area contributed by atoms with Crippen molar-refractivity contribution in [3.63, 3.8) is 0 Å². The Kier molecular flexibility index (Phi) is 6.61. The van der Waals surface area contributed by atoms with Gasteiger partial charge in [0.05, 0.1) is 11.6 Å². The molecule has 0 spiro atoms. The first-order valence-corrected chi connectivity index (χ1v) is 10.4. The summed E-state index contributed by atoms with van der Waals surface area (Å²) in [6.07, 6.45) is 3.11. The van der Waals surface area contributed by atoms with E-state index in [0.29, 0.717) is 18.2 Å². The largest absolute Gasteiger partial charge is 0.459 e. The molecule has 2 aromatic rings. The monoisotopic (exact) mass is 386 g/mol. The summed E-state index contributed by atoms with van der Waals surface area (Å²) in [5, 5.41) is 2.99. The van der Waals surface area contributed by atoms with E-state index in [9.17, 15) is 9.59 Å². The lowest BCUT2D eigenvalue weighted by molar-refractivity contribution is -0.124. The molecule has 1 aromatic heterocycles. The van der Waals surface area contributed by atoms with Gasteiger partial charge in [-0.05, 0) is 36.5 Å². The molecule has 2 atom stereocenters. The lowest BCUT2D eigenvalue weighted by Gasteiger charge is -2.29. The highest BCUT2D eigenvalue weighted by Crippen LogP contribution is 2.34. The van der Waals surface area contributed by atoms with Crippen molar-refractivity contribution in [3.05, 3.63) is 60.1 Å². The number of nitrogens with zero attached hydrogens (tertiary/aromatic N) is 1. The van der Waals surface area contributed by atoms with Crippen LogP contribution in [-0.4, -0.2) is 40.4 Å². The second-order valence-corrected chi connectivity index (χ2v) is 8.36. The number of benzene rings is 1. The predicted molar refractivity (Wildman–Crippen MR) is 108 cm³/mol. The first-order valence-electron chi connectivity index (χ1n) is 9.35. The molecule has 6 heteroatoms. The van der Waals surface area contributed by atoms with Crippen LogP contribution in [0.4, 0.5) is 0 Å². The summed E-state index contributed by atoms with van der Waals surface area (Å²) in [4.78, 5) is 27.5. The predicted octanol–water partition coefficient (Wildman–Crippen LogP) is 3.57. The molecule has 2 unspecified atom stereocenters. The van der Waals surface area contributed by atoms with Crippen molar-refractivity contribution < 1.29 is 14.0 Å². The molecule has 1 N–H and O–H groups in total. The van der Waals surface area contributed by atoms with E-state index in [4.69, 9.17) is 4.42 Å². The summed E-state index contributed by atoms with van der Waals surface area (Å²) < 4.78 is 5.30. The molecular weight excluding hydrogens is 360 g/mol. The van der Waals surface area contributed by atoms with Gasteiger partial charge in [-0.25, -0.2) is 0 Å². The van der Waals surface area contributed by atoms with E-state index >= 15 is 0 Å². The fourth-order valence-corrected chi connectivity index (χ4v) is 4.88. The molecule has 27 heavy (non-hydrogen) atoms. The van der Waals surface area contributed by atoms with Crippen LogP contribution in [0.1, 0.15) is 36.4 Å². The third-order valence-corrected chi connectivity index (χ3v) is 5.90. The Morgan fingerprint density at radius 1 is 1.22 bits per heavy atom. The number of carbonyl (C=O) groups is 2. The van der Waals surface area contributed by atoms with E-state index in [0.717, 1.165) is 12.8 Å². The number of carbonyl (C=O) groups excluding carboxylic acids is 2.